The molecule has 0 bridgehead atoms. The number of ether oxygens (including phenoxy) is 2. The predicted octanol–water partition coefficient (Wildman–Crippen LogP) is 4.51. The summed E-state index contributed by atoms with van der Waals surface area (Å²) in [6.45, 7) is 5.21. The molecule has 110 valence electrons. The number of carbonyl (C=O) groups excluding carboxylic acids is 1. The molecular weight excluding hydrogens is 276 g/mol. The van der Waals surface area contributed by atoms with Crippen molar-refractivity contribution in [2.75, 3.05) is 13.2 Å². The maximum absolute atomic E-state index is 12.6. The van der Waals surface area contributed by atoms with Crippen molar-refractivity contribution in [2.24, 2.45) is 5.92 Å². The van der Waals surface area contributed by atoms with E-state index in [4.69, 9.17) is 21.1 Å². The highest BCUT2D eigenvalue weighted by molar-refractivity contribution is 6.34. The molecule has 1 aliphatic heterocycles. The topological polar surface area (TPSA) is 35.5 Å². The molecule has 0 aliphatic carbocycles. The van der Waals surface area contributed by atoms with E-state index in [9.17, 15) is 4.79 Å². The van der Waals surface area contributed by atoms with Crippen molar-refractivity contribution in [3.63, 3.8) is 0 Å². The van der Waals surface area contributed by atoms with Crippen LogP contribution in [-0.2, 0) is 0 Å². The lowest BCUT2D eigenvalue weighted by Crippen LogP contribution is -2.18. The van der Waals surface area contributed by atoms with Crippen molar-refractivity contribution in [3.8, 4) is 11.5 Å². The third-order valence-corrected chi connectivity index (χ3v) is 3.98. The Bertz CT molecular complexity index is 485. The molecule has 0 spiro atoms. The molecule has 0 radical (unpaired) electrons. The average molecular weight is 297 g/mol. The third-order valence-electron chi connectivity index (χ3n) is 3.67. The minimum atomic E-state index is 0.0370. The summed E-state index contributed by atoms with van der Waals surface area (Å²) < 4.78 is 11.0. The first-order chi connectivity index (χ1) is 9.67. The van der Waals surface area contributed by atoms with Crippen LogP contribution in [0.3, 0.4) is 0 Å². The molecule has 1 atom stereocenters. The second-order valence-electron chi connectivity index (χ2n) is 5.09. The van der Waals surface area contributed by atoms with E-state index in [0.717, 1.165) is 25.7 Å². The van der Waals surface area contributed by atoms with Crippen LogP contribution in [0.1, 0.15) is 49.9 Å². The second kappa shape index (κ2) is 6.98. The zero-order valence-corrected chi connectivity index (χ0v) is 12.8. The lowest BCUT2D eigenvalue weighted by molar-refractivity contribution is 0.0907. The van der Waals surface area contributed by atoms with Gasteiger partial charge in [0.15, 0.2) is 17.3 Å². The average Bonchev–Trinajstić information content (AvgIpc) is 2.47. The van der Waals surface area contributed by atoms with E-state index in [0.29, 0.717) is 35.3 Å². The van der Waals surface area contributed by atoms with Crippen molar-refractivity contribution in [1.29, 1.82) is 0 Å². The van der Waals surface area contributed by atoms with Crippen LogP contribution in [0.15, 0.2) is 12.1 Å². The van der Waals surface area contributed by atoms with Crippen LogP contribution in [0.2, 0.25) is 5.02 Å². The SMILES string of the molecule is CCCCC(CC)C(=O)c1cc2c(cc1Cl)OCCO2. The largest absolute Gasteiger partial charge is 0.486 e. The predicted molar refractivity (Wildman–Crippen MR) is 80.1 cm³/mol. The number of Topliss-reactive ketones (excluding diaryl/α,β-unsaturated/α-hetero) is 1. The molecule has 2 rings (SSSR count). The van der Waals surface area contributed by atoms with Gasteiger partial charge in [0.2, 0.25) is 0 Å². The fraction of sp³-hybridized carbons (Fsp3) is 0.562. The fourth-order valence-electron chi connectivity index (χ4n) is 2.44. The van der Waals surface area contributed by atoms with Gasteiger partial charge in [-0.3, -0.25) is 4.79 Å². The maximum Gasteiger partial charge on any atom is 0.167 e. The van der Waals surface area contributed by atoms with Gasteiger partial charge in [0.1, 0.15) is 13.2 Å². The van der Waals surface area contributed by atoms with Crippen LogP contribution in [-0.4, -0.2) is 19.0 Å². The van der Waals surface area contributed by atoms with E-state index in [2.05, 4.69) is 6.92 Å². The van der Waals surface area contributed by atoms with Crippen molar-refractivity contribution in [3.05, 3.63) is 22.7 Å². The summed E-state index contributed by atoms with van der Waals surface area (Å²) in [5, 5.41) is 0.453. The lowest BCUT2D eigenvalue weighted by Gasteiger charge is -2.21. The van der Waals surface area contributed by atoms with Gasteiger partial charge in [-0.25, -0.2) is 0 Å². The molecule has 0 N–H and O–H groups in total. The van der Waals surface area contributed by atoms with Crippen molar-refractivity contribution in [2.45, 2.75) is 39.5 Å². The Kier molecular flexibility index (Phi) is 5.30. The van der Waals surface area contributed by atoms with E-state index in [1.165, 1.54) is 0 Å². The summed E-state index contributed by atoms with van der Waals surface area (Å²) >= 11 is 6.23. The molecule has 0 fully saturated rings. The van der Waals surface area contributed by atoms with E-state index in [1.54, 1.807) is 12.1 Å². The van der Waals surface area contributed by atoms with Gasteiger partial charge in [0.25, 0.3) is 0 Å². The molecule has 1 aliphatic rings. The normalized spacial score (nSPS) is 14.9. The molecular formula is C16H21ClO3. The van der Waals surface area contributed by atoms with Crippen molar-refractivity contribution < 1.29 is 14.3 Å². The highest BCUT2D eigenvalue weighted by atomic mass is 35.5. The molecule has 3 nitrogen and oxygen atoms in total. The highest BCUT2D eigenvalue weighted by Crippen LogP contribution is 2.36. The zero-order valence-electron chi connectivity index (χ0n) is 12.1. The van der Waals surface area contributed by atoms with Crippen LogP contribution in [0.25, 0.3) is 0 Å². The summed E-state index contributed by atoms with van der Waals surface area (Å²) in [7, 11) is 0. The molecule has 1 unspecified atom stereocenters. The first-order valence-corrected chi connectivity index (χ1v) is 7.68. The van der Waals surface area contributed by atoms with Gasteiger partial charge in [-0.05, 0) is 18.9 Å². The molecule has 4 heteroatoms. The summed E-state index contributed by atoms with van der Waals surface area (Å²) in [5.74, 6) is 1.40. The molecule has 1 aromatic carbocycles. The van der Waals surface area contributed by atoms with Crippen LogP contribution in [0.5, 0.6) is 11.5 Å². The minimum Gasteiger partial charge on any atom is -0.486 e. The highest BCUT2D eigenvalue weighted by Gasteiger charge is 2.23. The van der Waals surface area contributed by atoms with E-state index >= 15 is 0 Å². The number of ketones is 1. The molecule has 20 heavy (non-hydrogen) atoms. The smallest absolute Gasteiger partial charge is 0.167 e. The Morgan fingerprint density at radius 1 is 1.25 bits per heavy atom. The van der Waals surface area contributed by atoms with Gasteiger partial charge >= 0.3 is 0 Å². The third kappa shape index (κ3) is 3.26. The molecule has 0 amide bonds. The Labute approximate surface area is 125 Å². The number of rotatable bonds is 6. The standard InChI is InChI=1S/C16H21ClO3/c1-3-5-6-11(4-2)16(18)12-9-14-15(10-13(12)17)20-8-7-19-14/h9-11H,3-8H2,1-2H3. The van der Waals surface area contributed by atoms with Gasteiger partial charge in [-0.1, -0.05) is 38.3 Å². The van der Waals surface area contributed by atoms with Crippen LogP contribution in [0, 0.1) is 5.92 Å². The summed E-state index contributed by atoms with van der Waals surface area (Å²) in [5.41, 5.74) is 0.555. The fourth-order valence-corrected chi connectivity index (χ4v) is 2.69. The second-order valence-corrected chi connectivity index (χ2v) is 5.49. The zero-order chi connectivity index (χ0) is 14.5. The quantitative estimate of drug-likeness (QED) is 0.725. The van der Waals surface area contributed by atoms with Gasteiger partial charge < -0.3 is 9.47 Å². The number of hydrogen-bond acceptors (Lipinski definition) is 3. The van der Waals surface area contributed by atoms with Gasteiger partial charge in [0, 0.05) is 17.5 Å². The van der Waals surface area contributed by atoms with Gasteiger partial charge in [-0.2, -0.15) is 0 Å². The van der Waals surface area contributed by atoms with Crippen LogP contribution >= 0.6 is 11.6 Å². The number of halogens is 1. The Morgan fingerprint density at radius 2 is 1.90 bits per heavy atom. The summed E-state index contributed by atoms with van der Waals surface area (Å²) in [6, 6.07) is 3.42. The molecule has 0 aromatic heterocycles. The number of benzene rings is 1. The lowest BCUT2D eigenvalue weighted by atomic mass is 9.90. The number of fused-ring (bicyclic) bond motifs is 1. The van der Waals surface area contributed by atoms with E-state index in [1.807, 2.05) is 6.92 Å². The number of hydrogen-bond donors (Lipinski definition) is 0. The number of unbranched alkanes of at least 4 members (excludes halogenated alkanes) is 1. The van der Waals surface area contributed by atoms with E-state index < -0.39 is 0 Å². The maximum atomic E-state index is 12.6. The first kappa shape index (κ1) is 15.2. The number of carbonyl (C=O) groups is 1. The van der Waals surface area contributed by atoms with Crippen LogP contribution < -0.4 is 9.47 Å². The molecule has 1 heterocycles. The summed E-state index contributed by atoms with van der Waals surface area (Å²) in [6.07, 6.45) is 3.91. The van der Waals surface area contributed by atoms with Gasteiger partial charge in [-0.15, -0.1) is 0 Å². The monoisotopic (exact) mass is 296 g/mol. The van der Waals surface area contributed by atoms with Crippen LogP contribution in [0.4, 0.5) is 0 Å². The Hall–Kier alpha value is -1.22. The molecule has 0 saturated carbocycles. The summed E-state index contributed by atoms with van der Waals surface area (Å²) in [4.78, 5) is 12.6. The van der Waals surface area contributed by atoms with Gasteiger partial charge in [0.05, 0.1) is 5.02 Å². The first-order valence-electron chi connectivity index (χ1n) is 7.30. The minimum absolute atomic E-state index is 0.0370. The van der Waals surface area contributed by atoms with Crippen molar-refractivity contribution in [1.82, 2.24) is 0 Å². The molecule has 0 saturated heterocycles. The van der Waals surface area contributed by atoms with Crippen molar-refractivity contribution >= 4 is 17.4 Å². The van der Waals surface area contributed by atoms with E-state index in [-0.39, 0.29) is 11.7 Å². The Balaban J connectivity index is 2.24. The molecule has 1 aromatic rings. The Morgan fingerprint density at radius 3 is 2.50 bits per heavy atom.